The fourth-order valence-electron chi connectivity index (χ4n) is 8.23. The standard InChI is InChI=1S/C39H24Cl2INO3/c40-27-18-14-25(15-19-27)38-31(23-8-3-1-4-9-23)32(24-10-5-2-6-11-24)39(37(38)46,26-16-20-28(41)21-17-26)34-33(38)35(44)43(36(34)45)30-13-7-12-29(42)22-30/h1-22,33-34H/t33-,34-,38+,39+/m1/s1. The molecular formula is C39H24Cl2INO3. The van der Waals surface area contributed by atoms with E-state index in [1.54, 1.807) is 30.3 Å². The van der Waals surface area contributed by atoms with Gasteiger partial charge >= 0.3 is 0 Å². The van der Waals surface area contributed by atoms with Gasteiger partial charge in [-0.1, -0.05) is 114 Å². The molecule has 4 atom stereocenters. The lowest BCUT2D eigenvalue weighted by Crippen LogP contribution is -2.45. The molecular weight excluding hydrogens is 728 g/mol. The lowest BCUT2D eigenvalue weighted by atomic mass is 9.59. The van der Waals surface area contributed by atoms with E-state index >= 15 is 14.4 Å². The summed E-state index contributed by atoms with van der Waals surface area (Å²) in [5, 5.41) is 1.01. The monoisotopic (exact) mass is 751 g/mol. The molecule has 1 saturated carbocycles. The lowest BCUT2D eigenvalue weighted by molar-refractivity contribution is -0.130. The van der Waals surface area contributed by atoms with Gasteiger partial charge in [0.15, 0.2) is 5.78 Å². The van der Waals surface area contributed by atoms with E-state index in [0.29, 0.717) is 26.9 Å². The molecule has 0 N–H and O–H groups in total. The van der Waals surface area contributed by atoms with E-state index in [1.807, 2.05) is 103 Å². The van der Waals surface area contributed by atoms with Gasteiger partial charge in [0.1, 0.15) is 0 Å². The number of anilines is 1. The summed E-state index contributed by atoms with van der Waals surface area (Å²) < 4.78 is 0.889. The molecule has 1 saturated heterocycles. The normalized spacial score (nSPS) is 25.0. The zero-order valence-corrected chi connectivity index (χ0v) is 27.8. The van der Waals surface area contributed by atoms with Crippen LogP contribution in [0.2, 0.25) is 10.0 Å². The zero-order chi connectivity index (χ0) is 31.8. The Morgan fingerprint density at radius 1 is 0.543 bits per heavy atom. The van der Waals surface area contributed by atoms with Crippen molar-refractivity contribution in [2.45, 2.75) is 10.8 Å². The number of amides is 2. The largest absolute Gasteiger partial charge is 0.297 e. The number of halogens is 3. The minimum atomic E-state index is -1.50. The predicted molar refractivity (Wildman–Crippen MR) is 190 cm³/mol. The van der Waals surface area contributed by atoms with E-state index < -0.39 is 34.5 Å². The summed E-state index contributed by atoms with van der Waals surface area (Å²) in [6, 6.07) is 41.2. The smallest absolute Gasteiger partial charge is 0.239 e. The van der Waals surface area contributed by atoms with Crippen LogP contribution in [0.1, 0.15) is 22.3 Å². The summed E-state index contributed by atoms with van der Waals surface area (Å²) in [6.45, 7) is 0. The van der Waals surface area contributed by atoms with Crippen molar-refractivity contribution in [1.82, 2.24) is 0 Å². The minimum Gasteiger partial charge on any atom is -0.297 e. The third kappa shape index (κ3) is 3.82. The van der Waals surface area contributed by atoms with E-state index in [9.17, 15) is 0 Å². The summed E-state index contributed by atoms with van der Waals surface area (Å²) in [7, 11) is 0. The minimum absolute atomic E-state index is 0.193. The van der Waals surface area contributed by atoms with Gasteiger partial charge in [-0.3, -0.25) is 14.4 Å². The van der Waals surface area contributed by atoms with Gasteiger partial charge in [0.2, 0.25) is 11.8 Å². The number of ketones is 1. The quantitative estimate of drug-likeness (QED) is 0.133. The number of benzene rings is 5. The zero-order valence-electron chi connectivity index (χ0n) is 24.2. The number of Topliss-reactive ketones (excluding diaryl/α,β-unsaturated/α-hetero) is 1. The Morgan fingerprint density at radius 2 is 0.978 bits per heavy atom. The van der Waals surface area contributed by atoms with Crippen LogP contribution in [-0.4, -0.2) is 17.6 Å². The molecule has 0 spiro atoms. The highest BCUT2D eigenvalue weighted by Crippen LogP contribution is 2.74. The van der Waals surface area contributed by atoms with Crippen molar-refractivity contribution in [3.05, 3.63) is 169 Å². The summed E-state index contributed by atoms with van der Waals surface area (Å²) in [5.41, 5.74) is 1.84. The molecule has 2 bridgehead atoms. The van der Waals surface area contributed by atoms with E-state index in [2.05, 4.69) is 22.6 Å². The van der Waals surface area contributed by atoms with Gasteiger partial charge in [0.25, 0.3) is 0 Å². The Bertz CT molecular complexity index is 1970. The van der Waals surface area contributed by atoms with Crippen LogP contribution < -0.4 is 4.90 Å². The number of rotatable bonds is 5. The van der Waals surface area contributed by atoms with Crippen molar-refractivity contribution < 1.29 is 14.4 Å². The summed E-state index contributed by atoms with van der Waals surface area (Å²) in [6.07, 6.45) is 0. The highest BCUT2D eigenvalue weighted by molar-refractivity contribution is 14.1. The van der Waals surface area contributed by atoms with Crippen molar-refractivity contribution in [2.24, 2.45) is 11.8 Å². The molecule has 2 aliphatic carbocycles. The molecule has 3 aliphatic rings. The fourth-order valence-corrected chi connectivity index (χ4v) is 9.01. The molecule has 1 aliphatic heterocycles. The number of nitrogens with zero attached hydrogens (tertiary/aromatic N) is 1. The number of allylic oxidation sites excluding steroid dienone is 2. The molecule has 8 rings (SSSR count). The Hall–Kier alpha value is -4.04. The van der Waals surface area contributed by atoms with E-state index in [4.69, 9.17) is 23.2 Å². The van der Waals surface area contributed by atoms with Gasteiger partial charge in [-0.25, -0.2) is 4.90 Å². The third-order valence-corrected chi connectivity index (χ3v) is 11.0. The number of fused-ring (bicyclic) bond motifs is 5. The van der Waals surface area contributed by atoms with Crippen molar-refractivity contribution in [3.8, 4) is 0 Å². The first-order valence-corrected chi connectivity index (χ1v) is 16.7. The van der Waals surface area contributed by atoms with Crippen LogP contribution in [0.4, 0.5) is 5.69 Å². The molecule has 5 aromatic rings. The van der Waals surface area contributed by atoms with Crippen LogP contribution in [0, 0.1) is 15.4 Å². The third-order valence-electron chi connectivity index (χ3n) is 9.78. The van der Waals surface area contributed by atoms with Crippen molar-refractivity contribution in [3.63, 3.8) is 0 Å². The molecule has 2 amide bonds. The molecule has 1 heterocycles. The van der Waals surface area contributed by atoms with Crippen LogP contribution in [0.5, 0.6) is 0 Å². The molecule has 0 aromatic heterocycles. The van der Waals surface area contributed by atoms with E-state index in [-0.39, 0.29) is 5.78 Å². The first kappa shape index (κ1) is 29.4. The average molecular weight is 752 g/mol. The number of carbonyl (C=O) groups is 3. The van der Waals surface area contributed by atoms with E-state index in [0.717, 1.165) is 25.8 Å². The van der Waals surface area contributed by atoms with Crippen molar-refractivity contribution in [1.29, 1.82) is 0 Å². The van der Waals surface area contributed by atoms with Gasteiger partial charge < -0.3 is 0 Å². The first-order chi connectivity index (χ1) is 22.3. The molecule has 7 heteroatoms. The second-order valence-electron chi connectivity index (χ2n) is 11.9. The maximum Gasteiger partial charge on any atom is 0.239 e. The number of hydrogen-bond acceptors (Lipinski definition) is 3. The maximum absolute atomic E-state index is 15.9. The Balaban J connectivity index is 1.56. The molecule has 46 heavy (non-hydrogen) atoms. The van der Waals surface area contributed by atoms with Gasteiger partial charge in [-0.2, -0.15) is 0 Å². The molecule has 224 valence electrons. The summed E-state index contributed by atoms with van der Waals surface area (Å²) >= 11 is 15.0. The Labute approximate surface area is 289 Å². The van der Waals surface area contributed by atoms with Crippen LogP contribution in [0.15, 0.2) is 133 Å². The highest BCUT2D eigenvalue weighted by Gasteiger charge is 2.82. The summed E-state index contributed by atoms with van der Waals surface area (Å²) in [5.74, 6) is -3.00. The van der Waals surface area contributed by atoms with Gasteiger partial charge in [-0.15, -0.1) is 0 Å². The molecule has 2 fully saturated rings. The van der Waals surface area contributed by atoms with E-state index in [1.165, 1.54) is 4.90 Å². The number of carbonyl (C=O) groups excluding carboxylic acids is 3. The Morgan fingerprint density at radius 3 is 1.39 bits per heavy atom. The first-order valence-electron chi connectivity index (χ1n) is 14.9. The Kier molecular flexibility index (Phi) is 6.87. The second kappa shape index (κ2) is 10.8. The van der Waals surface area contributed by atoms with Gasteiger partial charge in [0, 0.05) is 13.6 Å². The van der Waals surface area contributed by atoms with Crippen molar-refractivity contribution >= 4 is 80.2 Å². The number of hydrogen-bond donors (Lipinski definition) is 0. The van der Waals surface area contributed by atoms with Crippen molar-refractivity contribution in [2.75, 3.05) is 4.90 Å². The second-order valence-corrected chi connectivity index (χ2v) is 14.0. The average Bonchev–Trinajstić information content (AvgIpc) is 3.58. The molecule has 5 aromatic carbocycles. The SMILES string of the molecule is O=C1[C@H]2[C@H](C(=O)N1c1cccc(I)c1)[C@@]1(c3ccc(Cl)cc3)C(=O)[C@@]2(c2ccc(Cl)cc2)C(c2ccccc2)=C1c1ccccc1. The molecule has 0 radical (unpaired) electrons. The topological polar surface area (TPSA) is 54.5 Å². The molecule has 0 unspecified atom stereocenters. The van der Waals surface area contributed by atoms with Crippen LogP contribution in [-0.2, 0) is 25.2 Å². The van der Waals surface area contributed by atoms with Crippen LogP contribution in [0.25, 0.3) is 11.1 Å². The fraction of sp³-hybridized carbons (Fsp3) is 0.103. The van der Waals surface area contributed by atoms with Crippen LogP contribution >= 0.6 is 45.8 Å². The van der Waals surface area contributed by atoms with Gasteiger partial charge in [-0.05, 0) is 98.5 Å². The lowest BCUT2D eigenvalue weighted by Gasteiger charge is -2.39. The predicted octanol–water partition coefficient (Wildman–Crippen LogP) is 8.79. The van der Waals surface area contributed by atoms with Crippen LogP contribution in [0.3, 0.4) is 0 Å². The highest BCUT2D eigenvalue weighted by atomic mass is 127. The summed E-state index contributed by atoms with van der Waals surface area (Å²) in [4.78, 5) is 47.3. The number of imide groups is 1. The maximum atomic E-state index is 15.9. The van der Waals surface area contributed by atoms with Gasteiger partial charge in [0.05, 0.1) is 28.4 Å². The molecule has 4 nitrogen and oxygen atoms in total.